The fourth-order valence-electron chi connectivity index (χ4n) is 0.354. The zero-order chi connectivity index (χ0) is 5.70. The van der Waals surface area contributed by atoms with Gasteiger partial charge in [0.1, 0.15) is 0 Å². The van der Waals surface area contributed by atoms with Crippen LogP contribution in [0.4, 0.5) is 0 Å². The van der Waals surface area contributed by atoms with Gasteiger partial charge < -0.3 is 0 Å². The van der Waals surface area contributed by atoms with Crippen LogP contribution in [-0.2, 0) is 0 Å². The topological polar surface area (TPSA) is 0 Å². The minimum absolute atomic E-state index is 0.288. The van der Waals surface area contributed by atoms with Crippen LogP contribution in [0.1, 0.15) is 13.8 Å². The highest BCUT2D eigenvalue weighted by Crippen LogP contribution is 2.03. The predicted octanol–water partition coefficient (Wildman–Crippen LogP) is 1.51. The van der Waals surface area contributed by atoms with E-state index >= 15 is 0 Å². The summed E-state index contributed by atoms with van der Waals surface area (Å²) in [5.74, 6) is 2.28. The van der Waals surface area contributed by atoms with Crippen LogP contribution in [0.15, 0.2) is 0 Å². The van der Waals surface area contributed by atoms with Crippen LogP contribution >= 0.6 is 11.2 Å². The second-order valence-corrected chi connectivity index (χ2v) is 6.33. The molecule has 0 atom stereocenters. The van der Waals surface area contributed by atoms with E-state index in [1.165, 1.54) is 5.75 Å². The van der Waals surface area contributed by atoms with Crippen LogP contribution in [0.5, 0.6) is 0 Å². The van der Waals surface area contributed by atoms with Crippen LogP contribution < -0.4 is 0 Å². The van der Waals surface area contributed by atoms with Gasteiger partial charge in [-0.15, -0.1) is 0 Å². The Labute approximate surface area is 52.5 Å². The van der Waals surface area contributed by atoms with Gasteiger partial charge in [-0.1, -0.05) is 20.4 Å². The van der Waals surface area contributed by atoms with Crippen molar-refractivity contribution in [1.29, 1.82) is 0 Å². The second-order valence-electron chi connectivity index (χ2n) is 2.05. The molecular weight excluding hydrogens is 120 g/mol. The normalized spacial score (nSPS) is 12.0. The van der Waals surface area contributed by atoms with E-state index in [4.69, 9.17) is 0 Å². The van der Waals surface area contributed by atoms with Crippen molar-refractivity contribution >= 4 is 19.9 Å². The van der Waals surface area contributed by atoms with Gasteiger partial charge in [-0.25, -0.2) is 0 Å². The lowest BCUT2D eigenvalue weighted by molar-refractivity contribution is 0.752. The van der Waals surface area contributed by atoms with Crippen LogP contribution in [0.3, 0.4) is 0 Å². The molecular formula is C5H14SSi. The third kappa shape index (κ3) is 6.57. The molecule has 0 radical (unpaired) electrons. The first-order chi connectivity index (χ1) is 3.27. The maximum Gasteiger partial charge on any atom is 0.0824 e. The molecule has 0 aromatic heterocycles. The lowest BCUT2D eigenvalue weighted by Crippen LogP contribution is -1.90. The van der Waals surface area contributed by atoms with Crippen molar-refractivity contribution in [2.45, 2.75) is 20.4 Å². The average Bonchev–Trinajstić information content (AvgIpc) is 1.61. The van der Waals surface area contributed by atoms with Crippen molar-refractivity contribution in [3.8, 4) is 0 Å². The van der Waals surface area contributed by atoms with Crippen LogP contribution in [-0.4, -0.2) is 14.4 Å². The van der Waals surface area contributed by atoms with E-state index in [2.05, 4.69) is 31.6 Å². The molecule has 44 valence electrons. The zero-order valence-electron chi connectivity index (χ0n) is 5.40. The second kappa shape index (κ2) is 4.72. The smallest absolute Gasteiger partial charge is 0.0824 e. The molecule has 0 bridgehead atoms. The van der Waals surface area contributed by atoms with Gasteiger partial charge in [-0.05, 0) is 11.7 Å². The van der Waals surface area contributed by atoms with E-state index in [0.717, 1.165) is 5.92 Å². The maximum atomic E-state index is 2.34. The van der Waals surface area contributed by atoms with E-state index in [1.807, 2.05) is 0 Å². The summed E-state index contributed by atoms with van der Waals surface area (Å²) in [5, 5.41) is 0. The summed E-state index contributed by atoms with van der Waals surface area (Å²) in [6.07, 6.45) is 0. The Balaban J connectivity index is 2.68. The highest BCUT2D eigenvalue weighted by Gasteiger charge is 1.89. The zero-order valence-corrected chi connectivity index (χ0v) is 7.63. The summed E-state index contributed by atoms with van der Waals surface area (Å²) in [5.41, 5.74) is 0. The lowest BCUT2D eigenvalue weighted by Gasteiger charge is -1.98. The Morgan fingerprint density at radius 2 is 2.14 bits per heavy atom. The SMILES string of the molecule is C[SiH2]SCC(C)C. The molecule has 2 heteroatoms. The van der Waals surface area contributed by atoms with E-state index in [-0.39, 0.29) is 8.67 Å². The summed E-state index contributed by atoms with van der Waals surface area (Å²) in [4.78, 5) is 0. The van der Waals surface area contributed by atoms with E-state index in [0.29, 0.717) is 0 Å². The van der Waals surface area contributed by atoms with Gasteiger partial charge in [0.05, 0.1) is 8.67 Å². The molecule has 7 heavy (non-hydrogen) atoms. The monoisotopic (exact) mass is 134 g/mol. The fraction of sp³-hybridized carbons (Fsp3) is 1.00. The Kier molecular flexibility index (Phi) is 5.10. The van der Waals surface area contributed by atoms with E-state index in [1.54, 1.807) is 0 Å². The Morgan fingerprint density at radius 3 is 2.29 bits per heavy atom. The van der Waals surface area contributed by atoms with Crippen LogP contribution in [0.2, 0.25) is 6.55 Å². The van der Waals surface area contributed by atoms with Gasteiger partial charge in [-0.3, -0.25) is 0 Å². The minimum Gasteiger partial charge on any atom is -0.194 e. The van der Waals surface area contributed by atoms with Gasteiger partial charge in [0.2, 0.25) is 0 Å². The lowest BCUT2D eigenvalue weighted by atomic mass is 10.3. The fourth-order valence-corrected chi connectivity index (χ4v) is 3.18. The number of rotatable bonds is 3. The Bertz CT molecular complexity index is 37.1. The molecule has 0 aliphatic rings. The Hall–Kier alpha value is 0.567. The largest absolute Gasteiger partial charge is 0.194 e. The van der Waals surface area contributed by atoms with Crippen molar-refractivity contribution < 1.29 is 0 Å². The van der Waals surface area contributed by atoms with Crippen LogP contribution in [0, 0.1) is 5.92 Å². The van der Waals surface area contributed by atoms with E-state index < -0.39 is 0 Å². The van der Waals surface area contributed by atoms with Crippen molar-refractivity contribution in [3.05, 3.63) is 0 Å². The highest BCUT2D eigenvalue weighted by atomic mass is 32.4. The van der Waals surface area contributed by atoms with Gasteiger partial charge >= 0.3 is 0 Å². The molecule has 0 saturated heterocycles. The molecule has 0 aliphatic heterocycles. The highest BCUT2D eigenvalue weighted by molar-refractivity contribution is 8.22. The molecule has 0 aliphatic carbocycles. The molecule has 0 heterocycles. The maximum absolute atomic E-state index is 2.34. The number of hydrogen-bond acceptors (Lipinski definition) is 1. The van der Waals surface area contributed by atoms with Gasteiger partial charge in [-0.2, -0.15) is 11.2 Å². The molecule has 0 nitrogen and oxygen atoms in total. The first kappa shape index (κ1) is 7.57. The molecule has 0 unspecified atom stereocenters. The van der Waals surface area contributed by atoms with Crippen molar-refractivity contribution in [2.75, 3.05) is 5.75 Å². The third-order valence-corrected chi connectivity index (χ3v) is 3.90. The number of hydrogen-bond donors (Lipinski definition) is 0. The van der Waals surface area contributed by atoms with Gasteiger partial charge in [0, 0.05) is 0 Å². The van der Waals surface area contributed by atoms with E-state index in [9.17, 15) is 0 Å². The van der Waals surface area contributed by atoms with Gasteiger partial charge in [0.15, 0.2) is 0 Å². The molecule has 0 fully saturated rings. The molecule has 0 aromatic rings. The van der Waals surface area contributed by atoms with Crippen LogP contribution in [0.25, 0.3) is 0 Å². The average molecular weight is 134 g/mol. The summed E-state index contributed by atoms with van der Waals surface area (Å²) in [7, 11) is 0.288. The molecule has 0 amide bonds. The third-order valence-electron chi connectivity index (χ3n) is 0.655. The first-order valence-corrected chi connectivity index (χ1v) is 7.15. The molecule has 0 saturated carbocycles. The standard InChI is InChI=1S/C5H14SSi/c1-5(2)4-6-7-3/h5H,4,7H2,1-3H3. The van der Waals surface area contributed by atoms with Crippen molar-refractivity contribution in [1.82, 2.24) is 0 Å². The minimum atomic E-state index is 0.288. The van der Waals surface area contributed by atoms with Gasteiger partial charge in [0.25, 0.3) is 0 Å². The van der Waals surface area contributed by atoms with Crippen molar-refractivity contribution in [2.24, 2.45) is 5.92 Å². The molecule has 0 N–H and O–H groups in total. The molecule has 0 aromatic carbocycles. The summed E-state index contributed by atoms with van der Waals surface area (Å²) in [6, 6.07) is 0. The predicted molar refractivity (Wildman–Crippen MR) is 41.7 cm³/mol. The quantitative estimate of drug-likeness (QED) is 0.527. The first-order valence-electron chi connectivity index (χ1n) is 2.85. The van der Waals surface area contributed by atoms with Crippen molar-refractivity contribution in [3.63, 3.8) is 0 Å². The summed E-state index contributed by atoms with van der Waals surface area (Å²) >= 11 is 2.16. The molecule has 0 spiro atoms. The Morgan fingerprint density at radius 1 is 1.57 bits per heavy atom. The summed E-state index contributed by atoms with van der Waals surface area (Å²) < 4.78 is 0. The summed E-state index contributed by atoms with van der Waals surface area (Å²) in [6.45, 7) is 6.89. The molecule has 0 rings (SSSR count).